The Morgan fingerprint density at radius 1 is 0.714 bits per heavy atom. The summed E-state index contributed by atoms with van der Waals surface area (Å²) in [5.74, 6) is -4.99. The molecule has 1 saturated heterocycles. The number of rotatable bonds is 22. The molecule has 3 rings (SSSR count). The predicted molar refractivity (Wildman–Crippen MR) is 206 cm³/mol. The van der Waals surface area contributed by atoms with Crippen LogP contribution in [0, 0.1) is 0 Å². The molecule has 56 heavy (non-hydrogen) atoms. The first-order chi connectivity index (χ1) is 26.6. The molecule has 8 atom stereocenters. The van der Waals surface area contributed by atoms with Crippen LogP contribution in [0.25, 0.3) is 11.1 Å². The zero-order valence-corrected chi connectivity index (χ0v) is 32.6. The van der Waals surface area contributed by atoms with Crippen LogP contribution in [0.3, 0.4) is 0 Å². The van der Waals surface area contributed by atoms with Crippen molar-refractivity contribution < 1.29 is 48.1 Å². The minimum absolute atomic E-state index is 0.00483. The number of aliphatic hydroxyl groups is 1. The van der Waals surface area contributed by atoms with Gasteiger partial charge in [0.15, 0.2) is 18.0 Å². The first-order valence-electron chi connectivity index (χ1n) is 18.4. The van der Waals surface area contributed by atoms with Crippen LogP contribution in [0.2, 0.25) is 5.02 Å². The molecule has 0 bridgehead atoms. The number of carbonyl (C=O) groups excluding carboxylic acids is 7. The number of ether oxygens (including phenoxy) is 2. The van der Waals surface area contributed by atoms with Crippen LogP contribution in [0.1, 0.15) is 63.7 Å². The van der Waals surface area contributed by atoms with Crippen LogP contribution in [-0.4, -0.2) is 115 Å². The Balaban J connectivity index is 1.60. The van der Waals surface area contributed by atoms with E-state index >= 15 is 0 Å². The van der Waals surface area contributed by atoms with E-state index in [1.165, 1.54) is 20.8 Å². The van der Waals surface area contributed by atoms with Crippen molar-refractivity contribution in [2.45, 2.75) is 102 Å². The Morgan fingerprint density at radius 3 is 1.86 bits per heavy atom. The van der Waals surface area contributed by atoms with Gasteiger partial charge in [-0.15, -0.1) is 0 Å². The smallest absolute Gasteiger partial charge is 0.338 e. The zero-order valence-electron chi connectivity index (χ0n) is 31.8. The Bertz CT molecular complexity index is 1690. The van der Waals surface area contributed by atoms with Crippen LogP contribution in [-0.2, 0) is 38.2 Å². The molecule has 2 aromatic carbocycles. The maximum absolute atomic E-state index is 13.3. The number of Topliss-reactive ketones (excluding diaryl/α,β-unsaturated/α-hetero) is 1. The van der Waals surface area contributed by atoms with E-state index in [1.807, 2.05) is 12.1 Å². The molecule has 0 radical (unpaired) electrons. The standard InChI is InChI=1S/C38H52ClN7O10/c1-5-55-38(54)32-31(56-32)30(48)20(2)42-35(51)27(8-6-7-18-40)44-33(49)21(3)43-37(53)29(22(4)47)46-36(52)28(17-19-41)45-34(50)25-11-9-23(10-12-25)24-13-15-26(39)16-14-24/h9-16,20-22,27-29,31-32,47H,5-8,17-19,40-41H2,1-4H3,(H,42,51)(H,43,53)(H,44,49)(H,45,50)(H,46,52)/t20-,21-,22+,27-,28-,29-,31?,32?/m0/s1. The summed E-state index contributed by atoms with van der Waals surface area (Å²) in [7, 11) is 0. The van der Waals surface area contributed by atoms with Gasteiger partial charge in [-0.1, -0.05) is 35.9 Å². The second-order valence-corrected chi connectivity index (χ2v) is 13.8. The molecular weight excluding hydrogens is 750 g/mol. The number of nitrogens with two attached hydrogens (primary N) is 2. The van der Waals surface area contributed by atoms with E-state index in [1.54, 1.807) is 43.3 Å². The van der Waals surface area contributed by atoms with Gasteiger partial charge in [-0.25, -0.2) is 4.79 Å². The maximum Gasteiger partial charge on any atom is 0.338 e. The Morgan fingerprint density at radius 2 is 1.29 bits per heavy atom. The summed E-state index contributed by atoms with van der Waals surface area (Å²) in [4.78, 5) is 90.9. The molecule has 0 aromatic heterocycles. The van der Waals surface area contributed by atoms with Gasteiger partial charge in [0.25, 0.3) is 5.91 Å². The second-order valence-electron chi connectivity index (χ2n) is 13.4. The Hall–Kier alpha value is -4.94. The number of epoxide rings is 1. The molecule has 5 amide bonds. The molecule has 2 unspecified atom stereocenters. The molecule has 306 valence electrons. The lowest BCUT2D eigenvalue weighted by atomic mass is 10.0. The van der Waals surface area contributed by atoms with Gasteiger partial charge in [-0.05, 0) is 102 Å². The van der Waals surface area contributed by atoms with E-state index in [0.29, 0.717) is 24.4 Å². The number of esters is 1. The van der Waals surface area contributed by atoms with Gasteiger partial charge in [0.2, 0.25) is 23.6 Å². The molecule has 17 nitrogen and oxygen atoms in total. The van der Waals surface area contributed by atoms with E-state index in [4.69, 9.17) is 32.5 Å². The molecule has 1 heterocycles. The maximum atomic E-state index is 13.3. The molecular formula is C38H52ClN7O10. The van der Waals surface area contributed by atoms with Gasteiger partial charge in [0, 0.05) is 10.6 Å². The van der Waals surface area contributed by atoms with E-state index < -0.39 is 89.8 Å². The monoisotopic (exact) mass is 801 g/mol. The highest BCUT2D eigenvalue weighted by molar-refractivity contribution is 6.30. The summed E-state index contributed by atoms with van der Waals surface area (Å²) in [6, 6.07) is 7.65. The van der Waals surface area contributed by atoms with Gasteiger partial charge in [-0.3, -0.25) is 28.8 Å². The van der Waals surface area contributed by atoms with Gasteiger partial charge in [0.1, 0.15) is 24.2 Å². The molecule has 1 aliphatic heterocycles. The molecule has 10 N–H and O–H groups in total. The third kappa shape index (κ3) is 13.4. The van der Waals surface area contributed by atoms with E-state index in [9.17, 15) is 38.7 Å². The molecule has 2 aromatic rings. The third-order valence-electron chi connectivity index (χ3n) is 8.87. The first-order valence-corrected chi connectivity index (χ1v) is 18.8. The van der Waals surface area contributed by atoms with Crippen molar-refractivity contribution in [1.29, 1.82) is 0 Å². The number of hydrogen-bond acceptors (Lipinski definition) is 12. The average Bonchev–Trinajstić information content (AvgIpc) is 3.97. The van der Waals surface area contributed by atoms with Crippen molar-refractivity contribution in [2.24, 2.45) is 11.5 Å². The van der Waals surface area contributed by atoms with Crippen molar-refractivity contribution in [2.75, 3.05) is 19.7 Å². The molecule has 1 aliphatic rings. The summed E-state index contributed by atoms with van der Waals surface area (Å²) >= 11 is 5.97. The summed E-state index contributed by atoms with van der Waals surface area (Å²) in [6.07, 6.45) is -2.41. The van der Waals surface area contributed by atoms with Crippen molar-refractivity contribution in [3.8, 4) is 11.1 Å². The lowest BCUT2D eigenvalue weighted by molar-refractivity contribution is -0.144. The van der Waals surface area contributed by atoms with Gasteiger partial charge >= 0.3 is 5.97 Å². The quantitative estimate of drug-likeness (QED) is 0.0439. The summed E-state index contributed by atoms with van der Waals surface area (Å²) < 4.78 is 10.00. The average molecular weight is 802 g/mol. The molecule has 0 saturated carbocycles. The van der Waals surface area contributed by atoms with E-state index in [2.05, 4.69) is 26.6 Å². The van der Waals surface area contributed by atoms with Crippen LogP contribution < -0.4 is 38.1 Å². The molecule has 0 spiro atoms. The van der Waals surface area contributed by atoms with Crippen LogP contribution in [0.5, 0.6) is 0 Å². The highest BCUT2D eigenvalue weighted by atomic mass is 35.5. The van der Waals surface area contributed by atoms with Crippen LogP contribution >= 0.6 is 11.6 Å². The lowest BCUT2D eigenvalue weighted by Gasteiger charge is -2.26. The van der Waals surface area contributed by atoms with Gasteiger partial charge in [-0.2, -0.15) is 0 Å². The molecule has 0 aliphatic carbocycles. The summed E-state index contributed by atoms with van der Waals surface area (Å²) in [5.41, 5.74) is 13.3. The Kier molecular flexibility index (Phi) is 17.8. The largest absolute Gasteiger partial charge is 0.464 e. The highest BCUT2D eigenvalue weighted by Gasteiger charge is 2.52. The van der Waals surface area contributed by atoms with Crippen molar-refractivity contribution in [1.82, 2.24) is 26.6 Å². The summed E-state index contributed by atoms with van der Waals surface area (Å²) in [6.45, 7) is 6.08. The minimum atomic E-state index is -1.55. The molecule has 1 fully saturated rings. The topological polar surface area (TPSA) is 274 Å². The zero-order chi connectivity index (χ0) is 41.5. The minimum Gasteiger partial charge on any atom is -0.464 e. The van der Waals surface area contributed by atoms with Crippen molar-refractivity contribution in [3.05, 3.63) is 59.1 Å². The summed E-state index contributed by atoms with van der Waals surface area (Å²) in [5, 5.41) is 23.6. The van der Waals surface area contributed by atoms with Gasteiger partial charge < -0.3 is 52.6 Å². The van der Waals surface area contributed by atoms with E-state index in [0.717, 1.165) is 11.1 Å². The number of hydrogen-bond donors (Lipinski definition) is 8. The fourth-order valence-corrected chi connectivity index (χ4v) is 5.71. The number of unbranched alkanes of at least 4 members (excludes halogenated alkanes) is 1. The normalized spacial score (nSPS) is 17.8. The number of ketones is 1. The number of nitrogens with one attached hydrogen (secondary N) is 5. The number of benzene rings is 2. The van der Waals surface area contributed by atoms with Crippen LogP contribution in [0.4, 0.5) is 0 Å². The number of aliphatic hydroxyl groups excluding tert-OH is 1. The molecule has 18 heteroatoms. The SMILES string of the molecule is CCOC(=O)C1OC1C(=O)[C@H](C)NC(=O)[C@H](CCCCN)NC(=O)[C@H](C)NC(=O)[C@@H](NC(=O)[C@H](CCN)NC(=O)c1ccc(-c2ccc(Cl)cc2)cc1)[C@@H](C)O. The number of carbonyl (C=O) groups is 7. The second kappa shape index (κ2) is 22.0. The Labute approximate surface area is 330 Å². The number of halogens is 1. The van der Waals surface area contributed by atoms with Crippen molar-refractivity contribution >= 4 is 52.9 Å². The highest BCUT2D eigenvalue weighted by Crippen LogP contribution is 2.26. The fraction of sp³-hybridized carbons (Fsp3) is 0.500. The van der Waals surface area contributed by atoms with E-state index in [-0.39, 0.29) is 31.6 Å². The first kappa shape index (κ1) is 45.4. The predicted octanol–water partition coefficient (Wildman–Crippen LogP) is -0.157. The fourth-order valence-electron chi connectivity index (χ4n) is 5.58. The van der Waals surface area contributed by atoms with Crippen molar-refractivity contribution in [3.63, 3.8) is 0 Å². The number of amides is 5. The lowest BCUT2D eigenvalue weighted by Crippen LogP contribution is -2.60. The van der Waals surface area contributed by atoms with Gasteiger partial charge in [0.05, 0.1) is 18.8 Å². The third-order valence-corrected chi connectivity index (χ3v) is 9.12. The van der Waals surface area contributed by atoms with Crippen LogP contribution in [0.15, 0.2) is 48.5 Å².